The van der Waals surface area contributed by atoms with E-state index in [0.717, 1.165) is 43.4 Å². The number of benzene rings is 1. The summed E-state index contributed by atoms with van der Waals surface area (Å²) in [5, 5.41) is 10.5. The van der Waals surface area contributed by atoms with E-state index in [1.54, 1.807) is 0 Å². The van der Waals surface area contributed by atoms with Crippen molar-refractivity contribution in [2.75, 3.05) is 7.05 Å². The van der Waals surface area contributed by atoms with E-state index >= 15 is 0 Å². The van der Waals surface area contributed by atoms with E-state index in [1.165, 1.54) is 11.1 Å². The highest BCUT2D eigenvalue weighted by molar-refractivity contribution is 5.94. The molecule has 0 aliphatic heterocycles. The fraction of sp³-hybridized carbons (Fsp3) is 0.444. The summed E-state index contributed by atoms with van der Waals surface area (Å²) in [7, 11) is 1.94. The molecule has 0 saturated heterocycles. The summed E-state index contributed by atoms with van der Waals surface area (Å²) in [6.45, 7) is 0. The number of rotatable bonds is 3. The molecule has 1 amide bonds. The van der Waals surface area contributed by atoms with Gasteiger partial charge in [0.05, 0.1) is 6.04 Å². The number of carbonyl (C=O) groups excluding carboxylic acids is 1. The van der Waals surface area contributed by atoms with Crippen LogP contribution < -0.4 is 10.6 Å². The van der Waals surface area contributed by atoms with Gasteiger partial charge in [0.2, 0.25) is 0 Å². The van der Waals surface area contributed by atoms with Crippen molar-refractivity contribution in [1.82, 2.24) is 15.8 Å². The van der Waals surface area contributed by atoms with Crippen LogP contribution in [0.3, 0.4) is 0 Å². The molecular formula is C18H21N3O2. The average molecular weight is 311 g/mol. The van der Waals surface area contributed by atoms with Crippen molar-refractivity contribution < 1.29 is 9.32 Å². The summed E-state index contributed by atoms with van der Waals surface area (Å²) in [6.07, 6.45) is 4.91. The molecule has 120 valence electrons. The van der Waals surface area contributed by atoms with E-state index in [0.29, 0.717) is 5.69 Å². The van der Waals surface area contributed by atoms with E-state index in [4.69, 9.17) is 4.52 Å². The van der Waals surface area contributed by atoms with Crippen LogP contribution in [0.25, 0.3) is 0 Å². The van der Waals surface area contributed by atoms with Gasteiger partial charge >= 0.3 is 0 Å². The van der Waals surface area contributed by atoms with E-state index < -0.39 is 0 Å². The molecule has 0 fully saturated rings. The minimum absolute atomic E-state index is 0.0281. The molecular weight excluding hydrogens is 290 g/mol. The molecule has 2 atom stereocenters. The summed E-state index contributed by atoms with van der Waals surface area (Å²) < 4.78 is 5.37. The van der Waals surface area contributed by atoms with Crippen LogP contribution in [0.2, 0.25) is 0 Å². The zero-order valence-electron chi connectivity index (χ0n) is 13.3. The van der Waals surface area contributed by atoms with Gasteiger partial charge < -0.3 is 15.2 Å². The first kappa shape index (κ1) is 14.5. The van der Waals surface area contributed by atoms with E-state index in [9.17, 15) is 4.79 Å². The zero-order chi connectivity index (χ0) is 15.8. The molecule has 2 aliphatic carbocycles. The minimum atomic E-state index is -0.126. The van der Waals surface area contributed by atoms with Crippen molar-refractivity contribution >= 4 is 5.91 Å². The maximum Gasteiger partial charge on any atom is 0.274 e. The van der Waals surface area contributed by atoms with Crippen LogP contribution in [0.1, 0.15) is 51.8 Å². The monoisotopic (exact) mass is 311 g/mol. The number of aromatic nitrogens is 1. The van der Waals surface area contributed by atoms with Crippen molar-refractivity contribution in [3.05, 3.63) is 52.4 Å². The Morgan fingerprint density at radius 2 is 2.09 bits per heavy atom. The van der Waals surface area contributed by atoms with Gasteiger partial charge in [-0.2, -0.15) is 0 Å². The topological polar surface area (TPSA) is 67.2 Å². The molecule has 4 rings (SSSR count). The third kappa shape index (κ3) is 2.45. The molecule has 1 heterocycles. The van der Waals surface area contributed by atoms with Crippen LogP contribution in [0.5, 0.6) is 0 Å². The zero-order valence-corrected chi connectivity index (χ0v) is 13.3. The van der Waals surface area contributed by atoms with Gasteiger partial charge in [0.25, 0.3) is 5.91 Å². The summed E-state index contributed by atoms with van der Waals surface area (Å²) in [6, 6.07) is 8.47. The molecule has 2 aliphatic rings. The van der Waals surface area contributed by atoms with Crippen LogP contribution >= 0.6 is 0 Å². The van der Waals surface area contributed by atoms with Crippen molar-refractivity contribution in [3.8, 4) is 0 Å². The van der Waals surface area contributed by atoms with Crippen molar-refractivity contribution in [1.29, 1.82) is 0 Å². The Balaban J connectivity index is 1.60. The second-order valence-corrected chi connectivity index (χ2v) is 6.39. The van der Waals surface area contributed by atoms with Crippen molar-refractivity contribution in [3.63, 3.8) is 0 Å². The molecule has 2 aromatic rings. The first-order chi connectivity index (χ1) is 11.3. The number of hydrogen-bond donors (Lipinski definition) is 2. The number of likely N-dealkylation sites (N-methyl/N-ethyl adjacent to an activating group) is 1. The number of nitrogens with one attached hydrogen (secondary N) is 2. The van der Waals surface area contributed by atoms with Gasteiger partial charge in [-0.15, -0.1) is 0 Å². The SMILES string of the molecule is CN[C@H]1Cc2ccccc2[C@@H]1NC(=O)c1noc2c1CCCC2. The highest BCUT2D eigenvalue weighted by Gasteiger charge is 2.34. The number of nitrogens with zero attached hydrogens (tertiary/aromatic N) is 1. The molecule has 0 saturated carbocycles. The molecule has 5 heteroatoms. The van der Waals surface area contributed by atoms with Gasteiger partial charge in [0.1, 0.15) is 5.76 Å². The number of amides is 1. The van der Waals surface area contributed by atoms with Gasteiger partial charge in [-0.3, -0.25) is 4.79 Å². The maximum absolute atomic E-state index is 12.7. The number of hydrogen-bond acceptors (Lipinski definition) is 4. The van der Waals surface area contributed by atoms with E-state index in [2.05, 4.69) is 27.9 Å². The van der Waals surface area contributed by atoms with E-state index in [-0.39, 0.29) is 18.0 Å². The van der Waals surface area contributed by atoms with Crippen molar-refractivity contribution in [2.45, 2.75) is 44.2 Å². The summed E-state index contributed by atoms with van der Waals surface area (Å²) in [4.78, 5) is 12.7. The normalized spacial score (nSPS) is 22.5. The van der Waals surface area contributed by atoms with Crippen LogP contribution in [0.15, 0.2) is 28.8 Å². The smallest absolute Gasteiger partial charge is 0.274 e. The third-order valence-electron chi connectivity index (χ3n) is 5.05. The van der Waals surface area contributed by atoms with Gasteiger partial charge in [0, 0.05) is 18.0 Å². The molecule has 1 aromatic heterocycles. The Labute approximate surface area is 135 Å². The average Bonchev–Trinajstić information content (AvgIpc) is 3.16. The lowest BCUT2D eigenvalue weighted by Crippen LogP contribution is -2.40. The lowest BCUT2D eigenvalue weighted by Gasteiger charge is -2.21. The van der Waals surface area contributed by atoms with Crippen LogP contribution in [-0.4, -0.2) is 24.2 Å². The molecule has 0 radical (unpaired) electrons. The molecule has 0 unspecified atom stereocenters. The van der Waals surface area contributed by atoms with Gasteiger partial charge in [-0.1, -0.05) is 29.4 Å². The predicted octanol–water partition coefficient (Wildman–Crippen LogP) is 2.17. The predicted molar refractivity (Wildman–Crippen MR) is 86.3 cm³/mol. The molecule has 1 aromatic carbocycles. The van der Waals surface area contributed by atoms with Crippen LogP contribution in [0, 0.1) is 0 Å². The van der Waals surface area contributed by atoms with Gasteiger partial charge in [0.15, 0.2) is 5.69 Å². The van der Waals surface area contributed by atoms with Crippen LogP contribution in [-0.2, 0) is 19.3 Å². The quantitative estimate of drug-likeness (QED) is 0.911. The van der Waals surface area contributed by atoms with Gasteiger partial charge in [-0.05, 0) is 43.9 Å². The summed E-state index contributed by atoms with van der Waals surface area (Å²) in [5.74, 6) is 0.761. The molecule has 23 heavy (non-hydrogen) atoms. The Morgan fingerprint density at radius 3 is 2.96 bits per heavy atom. The lowest BCUT2D eigenvalue weighted by atomic mass is 9.96. The minimum Gasteiger partial charge on any atom is -0.360 e. The molecule has 0 bridgehead atoms. The standard InChI is InChI=1S/C18H21N3O2/c1-19-14-10-11-6-2-3-7-12(11)16(14)20-18(22)17-13-8-4-5-9-15(13)23-21-17/h2-3,6-7,14,16,19H,4-5,8-10H2,1H3,(H,20,22)/t14-,16-/m0/s1. The summed E-state index contributed by atoms with van der Waals surface area (Å²) >= 11 is 0. The number of carbonyl (C=O) groups is 1. The lowest BCUT2D eigenvalue weighted by molar-refractivity contribution is 0.0920. The first-order valence-corrected chi connectivity index (χ1v) is 8.31. The van der Waals surface area contributed by atoms with Gasteiger partial charge in [-0.25, -0.2) is 0 Å². The second kappa shape index (κ2) is 5.81. The first-order valence-electron chi connectivity index (χ1n) is 8.31. The van der Waals surface area contributed by atoms with Crippen molar-refractivity contribution in [2.24, 2.45) is 0 Å². The highest BCUT2D eigenvalue weighted by Crippen LogP contribution is 2.32. The Kier molecular flexibility index (Phi) is 3.65. The van der Waals surface area contributed by atoms with E-state index in [1.807, 2.05) is 19.2 Å². The molecule has 2 N–H and O–H groups in total. The second-order valence-electron chi connectivity index (χ2n) is 6.39. The number of aryl methyl sites for hydroxylation is 1. The van der Waals surface area contributed by atoms with Crippen LogP contribution in [0.4, 0.5) is 0 Å². The molecule has 0 spiro atoms. The Bertz CT molecular complexity index is 738. The molecule has 5 nitrogen and oxygen atoms in total. The Hall–Kier alpha value is -2.14. The fourth-order valence-electron chi connectivity index (χ4n) is 3.81. The Morgan fingerprint density at radius 1 is 1.26 bits per heavy atom. The highest BCUT2D eigenvalue weighted by atomic mass is 16.5. The third-order valence-corrected chi connectivity index (χ3v) is 5.05. The summed E-state index contributed by atoms with van der Waals surface area (Å²) in [5.41, 5.74) is 3.96. The fourth-order valence-corrected chi connectivity index (χ4v) is 3.81. The maximum atomic E-state index is 12.7. The largest absolute Gasteiger partial charge is 0.360 e. The number of fused-ring (bicyclic) bond motifs is 2.